The fraction of sp³-hybridized carbons (Fsp3) is 0.222. The zero-order chi connectivity index (χ0) is 18.7. The summed E-state index contributed by atoms with van der Waals surface area (Å²) in [6.07, 6.45) is -1.31. The third-order valence-electron chi connectivity index (χ3n) is 3.91. The second-order valence-electron chi connectivity index (χ2n) is 5.80. The second-order valence-corrected chi connectivity index (χ2v) is 5.80. The molecular formula is C18H16F3N3O2. The Bertz CT molecular complexity index is 921. The number of carbonyl (C=O) groups is 1. The minimum Gasteiger partial charge on any atom is -0.405 e. The highest BCUT2D eigenvalue weighted by Gasteiger charge is 2.32. The number of amides is 1. The Morgan fingerprint density at radius 1 is 1.19 bits per heavy atom. The van der Waals surface area contributed by atoms with Gasteiger partial charge in [0.2, 0.25) is 5.91 Å². The molecule has 0 aliphatic carbocycles. The van der Waals surface area contributed by atoms with Crippen LogP contribution in [0.2, 0.25) is 0 Å². The fourth-order valence-corrected chi connectivity index (χ4v) is 2.66. The van der Waals surface area contributed by atoms with E-state index in [-0.39, 0.29) is 30.2 Å². The summed E-state index contributed by atoms with van der Waals surface area (Å²) in [5.74, 6) is -0.535. The topological polar surface area (TPSA) is 58.2 Å². The van der Waals surface area contributed by atoms with Crippen LogP contribution in [0.15, 0.2) is 48.8 Å². The van der Waals surface area contributed by atoms with Crippen molar-refractivity contribution in [2.75, 3.05) is 7.05 Å². The molecule has 0 atom stereocenters. The van der Waals surface area contributed by atoms with Crippen molar-refractivity contribution in [1.29, 1.82) is 0 Å². The van der Waals surface area contributed by atoms with E-state index in [1.807, 2.05) is 6.07 Å². The Kier molecular flexibility index (Phi) is 4.83. The Morgan fingerprint density at radius 3 is 2.73 bits per heavy atom. The number of para-hydroxylation sites is 1. The highest BCUT2D eigenvalue weighted by molar-refractivity contribution is 5.87. The molecular weight excluding hydrogens is 347 g/mol. The summed E-state index contributed by atoms with van der Waals surface area (Å²) in [6.45, 7) is 0.00565. The number of hydrogen-bond donors (Lipinski definition) is 1. The minimum absolute atomic E-state index is 0.00565. The van der Waals surface area contributed by atoms with Gasteiger partial charge < -0.3 is 14.6 Å². The van der Waals surface area contributed by atoms with Gasteiger partial charge in [0.15, 0.2) is 0 Å². The van der Waals surface area contributed by atoms with Gasteiger partial charge in [0.1, 0.15) is 11.4 Å². The van der Waals surface area contributed by atoms with E-state index in [1.54, 1.807) is 31.6 Å². The Morgan fingerprint density at radius 2 is 1.96 bits per heavy atom. The number of halogens is 3. The second kappa shape index (κ2) is 7.07. The summed E-state index contributed by atoms with van der Waals surface area (Å²) in [5, 5.41) is 0.843. The van der Waals surface area contributed by atoms with Crippen molar-refractivity contribution < 1.29 is 22.7 Å². The zero-order valence-electron chi connectivity index (χ0n) is 13.9. The number of carbonyl (C=O) groups excluding carboxylic acids is 1. The fourth-order valence-electron chi connectivity index (χ4n) is 2.66. The van der Waals surface area contributed by atoms with E-state index in [0.717, 1.165) is 10.9 Å². The Hall–Kier alpha value is -3.03. The highest BCUT2D eigenvalue weighted by atomic mass is 19.4. The lowest BCUT2D eigenvalue weighted by atomic mass is 10.1. The van der Waals surface area contributed by atoms with E-state index in [2.05, 4.69) is 14.7 Å². The monoisotopic (exact) mass is 363 g/mol. The van der Waals surface area contributed by atoms with Crippen molar-refractivity contribution in [3.63, 3.8) is 0 Å². The third kappa shape index (κ3) is 4.14. The molecule has 2 heterocycles. The van der Waals surface area contributed by atoms with Crippen LogP contribution in [-0.4, -0.2) is 34.2 Å². The average Bonchev–Trinajstić information content (AvgIpc) is 2.98. The molecule has 0 saturated carbocycles. The van der Waals surface area contributed by atoms with Crippen LogP contribution in [0.1, 0.15) is 11.1 Å². The summed E-state index contributed by atoms with van der Waals surface area (Å²) >= 11 is 0. The van der Waals surface area contributed by atoms with Crippen molar-refractivity contribution >= 4 is 16.9 Å². The first-order chi connectivity index (χ1) is 12.3. The minimum atomic E-state index is -4.78. The van der Waals surface area contributed by atoms with Crippen LogP contribution >= 0.6 is 0 Å². The molecule has 0 bridgehead atoms. The number of aromatic nitrogens is 2. The first-order valence-corrected chi connectivity index (χ1v) is 7.82. The van der Waals surface area contributed by atoms with Crippen molar-refractivity contribution in [1.82, 2.24) is 14.9 Å². The predicted molar refractivity (Wildman–Crippen MR) is 89.4 cm³/mol. The van der Waals surface area contributed by atoms with Crippen LogP contribution in [0.25, 0.3) is 11.0 Å². The molecule has 0 aliphatic heterocycles. The molecule has 1 aromatic carbocycles. The van der Waals surface area contributed by atoms with E-state index in [0.29, 0.717) is 5.65 Å². The number of likely N-dealkylation sites (N-methyl/N-ethyl adjacent to an activating group) is 1. The molecule has 0 radical (unpaired) electrons. The van der Waals surface area contributed by atoms with E-state index in [9.17, 15) is 18.0 Å². The van der Waals surface area contributed by atoms with Gasteiger partial charge in [0, 0.05) is 36.9 Å². The van der Waals surface area contributed by atoms with Crippen LogP contribution in [0, 0.1) is 0 Å². The van der Waals surface area contributed by atoms with Crippen LogP contribution in [-0.2, 0) is 17.8 Å². The summed E-state index contributed by atoms with van der Waals surface area (Å²) in [5.41, 5.74) is 1.74. The van der Waals surface area contributed by atoms with Crippen LogP contribution in [0.3, 0.4) is 0 Å². The molecule has 0 saturated heterocycles. The Labute approximate surface area is 147 Å². The van der Waals surface area contributed by atoms with E-state index in [1.165, 1.54) is 23.1 Å². The van der Waals surface area contributed by atoms with Gasteiger partial charge in [0.25, 0.3) is 0 Å². The zero-order valence-corrected chi connectivity index (χ0v) is 13.9. The number of fused-ring (bicyclic) bond motifs is 1. The van der Waals surface area contributed by atoms with Gasteiger partial charge in [-0.1, -0.05) is 18.2 Å². The normalized spacial score (nSPS) is 11.5. The van der Waals surface area contributed by atoms with Crippen molar-refractivity contribution in [3.05, 3.63) is 59.9 Å². The number of nitrogens with zero attached hydrogens (tertiary/aromatic N) is 2. The molecule has 1 N–H and O–H groups in total. The first kappa shape index (κ1) is 17.8. The molecule has 5 nitrogen and oxygen atoms in total. The molecule has 0 fully saturated rings. The van der Waals surface area contributed by atoms with Gasteiger partial charge >= 0.3 is 6.36 Å². The smallest absolute Gasteiger partial charge is 0.405 e. The molecule has 3 aromatic rings. The number of ether oxygens (including phenoxy) is 1. The maximum absolute atomic E-state index is 12.5. The highest BCUT2D eigenvalue weighted by Crippen LogP contribution is 2.27. The number of nitrogens with one attached hydrogen (secondary N) is 1. The first-order valence-electron chi connectivity index (χ1n) is 7.82. The summed E-state index contributed by atoms with van der Waals surface area (Å²) in [6, 6.07) is 9.41. The molecule has 26 heavy (non-hydrogen) atoms. The number of pyridine rings is 1. The lowest BCUT2D eigenvalue weighted by Crippen LogP contribution is -2.28. The lowest BCUT2D eigenvalue weighted by Gasteiger charge is -2.20. The maximum atomic E-state index is 12.5. The van der Waals surface area contributed by atoms with Crippen molar-refractivity contribution in [3.8, 4) is 5.75 Å². The number of hydrogen-bond acceptors (Lipinski definition) is 3. The van der Waals surface area contributed by atoms with Crippen LogP contribution in [0.5, 0.6) is 5.75 Å². The lowest BCUT2D eigenvalue weighted by molar-refractivity contribution is -0.275. The Balaban J connectivity index is 1.72. The average molecular weight is 363 g/mol. The molecule has 2 aromatic heterocycles. The van der Waals surface area contributed by atoms with Gasteiger partial charge in [-0.2, -0.15) is 0 Å². The summed E-state index contributed by atoms with van der Waals surface area (Å²) in [7, 11) is 1.54. The van der Waals surface area contributed by atoms with Crippen LogP contribution < -0.4 is 4.74 Å². The molecule has 1 amide bonds. The van der Waals surface area contributed by atoms with Gasteiger partial charge in [-0.15, -0.1) is 13.2 Å². The number of aromatic amines is 1. The summed E-state index contributed by atoms with van der Waals surface area (Å²) < 4.78 is 41.5. The van der Waals surface area contributed by atoms with E-state index >= 15 is 0 Å². The predicted octanol–water partition coefficient (Wildman–Crippen LogP) is 3.66. The van der Waals surface area contributed by atoms with Crippen LogP contribution in [0.4, 0.5) is 13.2 Å². The standard InChI is InChI=1S/C18H16F3N3O2/c1-24(11-12-5-2-3-7-15(12)26-18(19,20)21)16(25)9-13-10-23-17-14(13)6-4-8-22-17/h2-8,10H,9,11H2,1H3,(H,22,23). The molecule has 0 spiro atoms. The third-order valence-corrected chi connectivity index (χ3v) is 3.91. The molecule has 3 rings (SSSR count). The van der Waals surface area contributed by atoms with Gasteiger partial charge in [-0.05, 0) is 23.8 Å². The van der Waals surface area contributed by atoms with Gasteiger partial charge in [0.05, 0.1) is 6.42 Å². The van der Waals surface area contributed by atoms with Gasteiger partial charge in [-0.3, -0.25) is 4.79 Å². The summed E-state index contributed by atoms with van der Waals surface area (Å²) in [4.78, 5) is 21.0. The SMILES string of the molecule is CN(Cc1ccccc1OC(F)(F)F)C(=O)Cc1c[nH]c2ncccc12. The van der Waals surface area contributed by atoms with Crippen molar-refractivity contribution in [2.45, 2.75) is 19.3 Å². The van der Waals surface area contributed by atoms with Gasteiger partial charge in [-0.25, -0.2) is 4.98 Å². The number of alkyl halides is 3. The maximum Gasteiger partial charge on any atom is 0.573 e. The van der Waals surface area contributed by atoms with Crippen molar-refractivity contribution in [2.24, 2.45) is 0 Å². The molecule has 0 aliphatic rings. The number of benzene rings is 1. The van der Waals surface area contributed by atoms with E-state index in [4.69, 9.17) is 0 Å². The number of H-pyrrole nitrogens is 1. The number of rotatable bonds is 5. The molecule has 136 valence electrons. The molecule has 0 unspecified atom stereocenters. The van der Waals surface area contributed by atoms with E-state index < -0.39 is 6.36 Å². The largest absolute Gasteiger partial charge is 0.573 e. The molecule has 8 heteroatoms. The quantitative estimate of drug-likeness (QED) is 0.753.